The van der Waals surface area contributed by atoms with Gasteiger partial charge in [0.15, 0.2) is 6.10 Å². The number of carbonyl (C=O) groups is 3. The molecule has 0 amide bonds. The fourth-order valence-corrected chi connectivity index (χ4v) is 10.8. The second-order valence-electron chi connectivity index (χ2n) is 24.1. The van der Waals surface area contributed by atoms with Crippen LogP contribution in [0.5, 0.6) is 0 Å². The van der Waals surface area contributed by atoms with E-state index < -0.39 is 6.10 Å². The maximum absolute atomic E-state index is 12.9. The van der Waals surface area contributed by atoms with Gasteiger partial charge in [0.2, 0.25) is 0 Å². The van der Waals surface area contributed by atoms with Crippen LogP contribution in [0.1, 0.15) is 400 Å². The topological polar surface area (TPSA) is 78.9 Å². The highest BCUT2D eigenvalue weighted by molar-refractivity contribution is 5.71. The molecule has 0 rings (SSSR count). The quantitative estimate of drug-likeness (QED) is 0.0261. The average Bonchev–Trinajstić information content (AvgIpc) is 3.44. The lowest BCUT2D eigenvalue weighted by Gasteiger charge is -2.18. The summed E-state index contributed by atoms with van der Waals surface area (Å²) in [5.74, 6) is -0.852. The Kier molecular flexibility index (Phi) is 65.6. The fraction of sp³-hybridized carbons (Fsp3) is 0.903. The number of carbonyl (C=O) groups excluding carboxylic acids is 3. The molecule has 460 valence electrons. The standard InChI is InChI=1S/C72H136O6/c1-4-7-10-13-16-19-22-24-26-27-28-29-30-31-32-33-34-35-36-37-38-39-40-41-42-43-44-45-47-48-50-53-56-59-62-65-71(74)77-68-69(67-76-70(73)64-61-58-55-52-21-18-15-12-9-6-3)78-72(75)66-63-60-57-54-51-49-46-25-23-20-17-14-11-8-5-2/h25,27-28,46,69H,4-24,26,29-45,47-68H2,1-3H3/b28-27-,46-25-. The third-order valence-electron chi connectivity index (χ3n) is 16.2. The van der Waals surface area contributed by atoms with Gasteiger partial charge < -0.3 is 14.2 Å². The Morgan fingerprint density at radius 2 is 0.423 bits per heavy atom. The SMILES string of the molecule is CCCCCCCC/C=C\CCCCCCCC(=O)OC(COC(=O)CCCCCCCCCCCC)COC(=O)CCCCCCCCCCCCCCCCCCCCCCCCC/C=C\CCCCCCCCCC. The molecule has 0 N–H and O–H groups in total. The molecule has 0 fully saturated rings. The lowest BCUT2D eigenvalue weighted by Crippen LogP contribution is -2.30. The highest BCUT2D eigenvalue weighted by Crippen LogP contribution is 2.19. The number of esters is 3. The molecule has 0 aliphatic rings. The molecule has 0 aromatic carbocycles. The molecular formula is C72H136O6. The zero-order chi connectivity index (χ0) is 56.4. The van der Waals surface area contributed by atoms with Gasteiger partial charge in [-0.3, -0.25) is 14.4 Å². The number of rotatable bonds is 66. The first kappa shape index (κ1) is 75.9. The molecular weight excluding hydrogens is 961 g/mol. The third-order valence-corrected chi connectivity index (χ3v) is 16.2. The lowest BCUT2D eigenvalue weighted by atomic mass is 10.0. The average molecular weight is 1100 g/mol. The van der Waals surface area contributed by atoms with E-state index in [0.717, 1.165) is 64.2 Å². The maximum atomic E-state index is 12.9. The Balaban J connectivity index is 3.98. The van der Waals surface area contributed by atoms with E-state index >= 15 is 0 Å². The van der Waals surface area contributed by atoms with Crippen LogP contribution in [0.4, 0.5) is 0 Å². The minimum Gasteiger partial charge on any atom is -0.462 e. The predicted molar refractivity (Wildman–Crippen MR) is 340 cm³/mol. The Labute approximate surface area is 487 Å². The van der Waals surface area contributed by atoms with E-state index in [9.17, 15) is 14.4 Å². The Morgan fingerprint density at radius 1 is 0.244 bits per heavy atom. The Bertz CT molecular complexity index is 1260. The van der Waals surface area contributed by atoms with Crippen molar-refractivity contribution in [2.24, 2.45) is 0 Å². The first-order chi connectivity index (χ1) is 38.5. The van der Waals surface area contributed by atoms with Gasteiger partial charge in [-0.15, -0.1) is 0 Å². The van der Waals surface area contributed by atoms with Crippen molar-refractivity contribution in [3.05, 3.63) is 24.3 Å². The second kappa shape index (κ2) is 67.4. The van der Waals surface area contributed by atoms with Gasteiger partial charge in [-0.2, -0.15) is 0 Å². The molecule has 0 aliphatic heterocycles. The maximum Gasteiger partial charge on any atom is 0.306 e. The van der Waals surface area contributed by atoms with Crippen LogP contribution in [0.25, 0.3) is 0 Å². The van der Waals surface area contributed by atoms with Crippen LogP contribution >= 0.6 is 0 Å². The molecule has 0 radical (unpaired) electrons. The van der Waals surface area contributed by atoms with E-state index in [1.54, 1.807) is 0 Å². The van der Waals surface area contributed by atoms with Crippen molar-refractivity contribution < 1.29 is 28.6 Å². The Hall–Kier alpha value is -2.11. The number of unbranched alkanes of at least 4 members (excludes halogenated alkanes) is 51. The van der Waals surface area contributed by atoms with Gasteiger partial charge in [-0.25, -0.2) is 0 Å². The molecule has 78 heavy (non-hydrogen) atoms. The summed E-state index contributed by atoms with van der Waals surface area (Å²) in [4.78, 5) is 38.2. The van der Waals surface area contributed by atoms with Crippen LogP contribution < -0.4 is 0 Å². The molecule has 1 unspecified atom stereocenters. The molecule has 6 heteroatoms. The molecule has 1 atom stereocenters. The summed E-state index contributed by atoms with van der Waals surface area (Å²) in [6.07, 6.45) is 82.4. The van der Waals surface area contributed by atoms with Gasteiger partial charge >= 0.3 is 17.9 Å². The van der Waals surface area contributed by atoms with Crippen LogP contribution in [0.3, 0.4) is 0 Å². The van der Waals surface area contributed by atoms with E-state index in [4.69, 9.17) is 14.2 Å². The van der Waals surface area contributed by atoms with Gasteiger partial charge in [-0.05, 0) is 70.6 Å². The van der Waals surface area contributed by atoms with E-state index in [1.165, 1.54) is 295 Å². The second-order valence-corrected chi connectivity index (χ2v) is 24.1. The van der Waals surface area contributed by atoms with E-state index in [1.807, 2.05) is 0 Å². The fourth-order valence-electron chi connectivity index (χ4n) is 10.8. The largest absolute Gasteiger partial charge is 0.462 e. The van der Waals surface area contributed by atoms with E-state index in [-0.39, 0.29) is 31.1 Å². The molecule has 0 saturated heterocycles. The minimum atomic E-state index is -0.770. The zero-order valence-corrected chi connectivity index (χ0v) is 53.0. The molecule has 0 aromatic rings. The van der Waals surface area contributed by atoms with E-state index in [2.05, 4.69) is 45.1 Å². The molecule has 0 aliphatic carbocycles. The molecule has 0 spiro atoms. The summed E-state index contributed by atoms with van der Waals surface area (Å²) in [5.41, 5.74) is 0. The monoisotopic (exact) mass is 1100 g/mol. The normalized spacial score (nSPS) is 12.1. The Morgan fingerprint density at radius 3 is 0.641 bits per heavy atom. The van der Waals surface area contributed by atoms with Crippen LogP contribution in [0.15, 0.2) is 24.3 Å². The number of hydrogen-bond donors (Lipinski definition) is 0. The van der Waals surface area contributed by atoms with Crippen molar-refractivity contribution in [2.75, 3.05) is 13.2 Å². The van der Waals surface area contributed by atoms with Gasteiger partial charge in [0.25, 0.3) is 0 Å². The lowest BCUT2D eigenvalue weighted by molar-refractivity contribution is -0.167. The number of hydrogen-bond acceptors (Lipinski definition) is 6. The molecule has 0 aromatic heterocycles. The zero-order valence-electron chi connectivity index (χ0n) is 53.0. The molecule has 0 saturated carbocycles. The summed E-state index contributed by atoms with van der Waals surface area (Å²) >= 11 is 0. The summed E-state index contributed by atoms with van der Waals surface area (Å²) in [5, 5.41) is 0. The highest BCUT2D eigenvalue weighted by Gasteiger charge is 2.19. The van der Waals surface area contributed by atoms with Gasteiger partial charge in [0.05, 0.1) is 0 Å². The van der Waals surface area contributed by atoms with Crippen LogP contribution in [0.2, 0.25) is 0 Å². The predicted octanol–water partition coefficient (Wildman–Crippen LogP) is 24.2. The smallest absolute Gasteiger partial charge is 0.306 e. The summed E-state index contributed by atoms with van der Waals surface area (Å²) in [7, 11) is 0. The van der Waals surface area contributed by atoms with Crippen LogP contribution in [-0.2, 0) is 28.6 Å². The van der Waals surface area contributed by atoms with E-state index in [0.29, 0.717) is 19.3 Å². The van der Waals surface area contributed by atoms with Crippen LogP contribution in [-0.4, -0.2) is 37.2 Å². The van der Waals surface area contributed by atoms with Crippen molar-refractivity contribution in [2.45, 2.75) is 406 Å². The summed E-state index contributed by atoms with van der Waals surface area (Å²) < 4.78 is 16.9. The summed E-state index contributed by atoms with van der Waals surface area (Å²) in [6, 6.07) is 0. The first-order valence-electron chi connectivity index (χ1n) is 35.3. The molecule has 0 bridgehead atoms. The molecule has 6 nitrogen and oxygen atoms in total. The third kappa shape index (κ3) is 64.7. The van der Waals surface area contributed by atoms with Crippen molar-refractivity contribution in [1.82, 2.24) is 0 Å². The number of allylic oxidation sites excluding steroid dienone is 4. The van der Waals surface area contributed by atoms with Crippen molar-refractivity contribution in [1.29, 1.82) is 0 Å². The minimum absolute atomic E-state index is 0.0684. The van der Waals surface area contributed by atoms with Gasteiger partial charge in [0, 0.05) is 19.3 Å². The van der Waals surface area contributed by atoms with Crippen molar-refractivity contribution in [3.8, 4) is 0 Å². The first-order valence-corrected chi connectivity index (χ1v) is 35.3. The highest BCUT2D eigenvalue weighted by atomic mass is 16.6. The molecule has 0 heterocycles. The van der Waals surface area contributed by atoms with Gasteiger partial charge in [-0.1, -0.05) is 334 Å². The van der Waals surface area contributed by atoms with Gasteiger partial charge in [0.1, 0.15) is 13.2 Å². The number of ether oxygens (including phenoxy) is 3. The van der Waals surface area contributed by atoms with Crippen LogP contribution in [0, 0.1) is 0 Å². The van der Waals surface area contributed by atoms with Crippen molar-refractivity contribution >= 4 is 17.9 Å². The summed E-state index contributed by atoms with van der Waals surface area (Å²) in [6.45, 7) is 6.68. The van der Waals surface area contributed by atoms with Crippen molar-refractivity contribution in [3.63, 3.8) is 0 Å².